The number of rotatable bonds is 2. The van der Waals surface area contributed by atoms with E-state index in [-0.39, 0.29) is 0 Å². The monoisotopic (exact) mass is 415 g/mol. The van der Waals surface area contributed by atoms with E-state index in [1.165, 1.54) is 31.9 Å². The lowest BCUT2D eigenvalue weighted by atomic mass is 10.1. The summed E-state index contributed by atoms with van der Waals surface area (Å²) in [5.74, 6) is 0. The minimum Gasteiger partial charge on any atom is -0.295 e. The van der Waals surface area contributed by atoms with Gasteiger partial charge in [-0.3, -0.25) is 9.13 Å². The van der Waals surface area contributed by atoms with Crippen molar-refractivity contribution in [1.29, 1.82) is 0 Å². The Morgan fingerprint density at radius 1 is 0.581 bits per heavy atom. The number of hydrogen-bond acceptors (Lipinski definition) is 2. The molecule has 0 aliphatic heterocycles. The van der Waals surface area contributed by atoms with Gasteiger partial charge in [0.15, 0.2) is 5.13 Å². The van der Waals surface area contributed by atoms with Crippen molar-refractivity contribution in [2.75, 3.05) is 0 Å². The van der Waals surface area contributed by atoms with Gasteiger partial charge in [0.05, 0.1) is 21.3 Å². The van der Waals surface area contributed by atoms with Crippen LogP contribution in [0.4, 0.5) is 0 Å². The molecule has 0 saturated carbocycles. The number of thiazole rings is 1. The SMILES string of the molecule is c1ccc(-n2c3ccccc3c3c4ccccc4n(-c4nc5ccccc5s4)c32)cc1. The molecule has 7 aromatic rings. The largest absolute Gasteiger partial charge is 0.295 e. The highest BCUT2D eigenvalue weighted by Gasteiger charge is 2.22. The highest BCUT2D eigenvalue weighted by molar-refractivity contribution is 7.20. The van der Waals surface area contributed by atoms with Crippen LogP contribution < -0.4 is 0 Å². The predicted molar refractivity (Wildman–Crippen MR) is 131 cm³/mol. The average Bonchev–Trinajstić information content (AvgIpc) is 3.49. The van der Waals surface area contributed by atoms with Gasteiger partial charge in [-0.05, 0) is 36.4 Å². The van der Waals surface area contributed by atoms with E-state index < -0.39 is 0 Å². The first-order chi connectivity index (χ1) is 15.4. The molecule has 0 atom stereocenters. The molecule has 0 spiro atoms. The molecule has 0 unspecified atom stereocenters. The van der Waals surface area contributed by atoms with Gasteiger partial charge in [0.25, 0.3) is 0 Å². The highest BCUT2D eigenvalue weighted by Crippen LogP contribution is 2.41. The number of nitrogens with zero attached hydrogens (tertiary/aromatic N) is 3. The van der Waals surface area contributed by atoms with E-state index in [2.05, 4.69) is 112 Å². The van der Waals surface area contributed by atoms with E-state index >= 15 is 0 Å². The maximum Gasteiger partial charge on any atom is 0.196 e. The molecule has 0 amide bonds. The zero-order valence-electron chi connectivity index (χ0n) is 16.6. The Morgan fingerprint density at radius 2 is 1.19 bits per heavy atom. The first-order valence-electron chi connectivity index (χ1n) is 10.3. The van der Waals surface area contributed by atoms with Crippen LogP contribution in [-0.4, -0.2) is 14.1 Å². The molecule has 4 heteroatoms. The Morgan fingerprint density at radius 3 is 1.94 bits per heavy atom. The van der Waals surface area contributed by atoms with E-state index in [0.717, 1.165) is 22.0 Å². The Labute approximate surface area is 182 Å². The minimum atomic E-state index is 0.993. The highest BCUT2D eigenvalue weighted by atomic mass is 32.1. The van der Waals surface area contributed by atoms with Crippen LogP contribution in [0.15, 0.2) is 103 Å². The molecule has 146 valence electrons. The number of aromatic nitrogens is 3. The zero-order chi connectivity index (χ0) is 20.4. The molecule has 0 radical (unpaired) electrons. The van der Waals surface area contributed by atoms with Crippen molar-refractivity contribution < 1.29 is 0 Å². The van der Waals surface area contributed by atoms with E-state index in [0.29, 0.717) is 0 Å². The van der Waals surface area contributed by atoms with Crippen LogP contribution in [0.25, 0.3) is 53.9 Å². The first-order valence-corrected chi connectivity index (χ1v) is 11.2. The molecule has 7 rings (SSSR count). The van der Waals surface area contributed by atoms with Crippen LogP contribution >= 0.6 is 11.3 Å². The first kappa shape index (κ1) is 16.9. The van der Waals surface area contributed by atoms with Crippen molar-refractivity contribution in [3.05, 3.63) is 103 Å². The molecule has 0 bridgehead atoms. The van der Waals surface area contributed by atoms with Crippen molar-refractivity contribution in [2.24, 2.45) is 0 Å². The van der Waals surface area contributed by atoms with Gasteiger partial charge in [0, 0.05) is 21.8 Å². The van der Waals surface area contributed by atoms with Crippen molar-refractivity contribution in [1.82, 2.24) is 14.1 Å². The topological polar surface area (TPSA) is 22.8 Å². The van der Waals surface area contributed by atoms with Gasteiger partial charge >= 0.3 is 0 Å². The summed E-state index contributed by atoms with van der Waals surface area (Å²) >= 11 is 1.74. The molecule has 0 fully saturated rings. The van der Waals surface area contributed by atoms with Crippen molar-refractivity contribution in [3.63, 3.8) is 0 Å². The summed E-state index contributed by atoms with van der Waals surface area (Å²) < 4.78 is 5.91. The third-order valence-electron chi connectivity index (χ3n) is 5.96. The molecule has 0 N–H and O–H groups in total. The molecule has 0 saturated heterocycles. The number of hydrogen-bond donors (Lipinski definition) is 0. The molecule has 4 aromatic carbocycles. The normalized spacial score (nSPS) is 11.9. The Balaban J connectivity index is 1.74. The smallest absolute Gasteiger partial charge is 0.196 e. The molecule has 3 aromatic heterocycles. The predicted octanol–water partition coefficient (Wildman–Crippen LogP) is 7.34. The zero-order valence-corrected chi connectivity index (χ0v) is 17.4. The molecular weight excluding hydrogens is 398 g/mol. The molecule has 31 heavy (non-hydrogen) atoms. The maximum atomic E-state index is 5.03. The van der Waals surface area contributed by atoms with Crippen LogP contribution in [0.5, 0.6) is 0 Å². The Bertz CT molecular complexity index is 1700. The van der Waals surface area contributed by atoms with Crippen LogP contribution in [0.3, 0.4) is 0 Å². The van der Waals surface area contributed by atoms with Crippen LogP contribution in [0, 0.1) is 0 Å². The van der Waals surface area contributed by atoms with Gasteiger partial charge in [-0.2, -0.15) is 0 Å². The molecular formula is C27H17N3S. The Kier molecular flexibility index (Phi) is 3.43. The van der Waals surface area contributed by atoms with Crippen LogP contribution in [-0.2, 0) is 0 Å². The van der Waals surface area contributed by atoms with Gasteiger partial charge in [0.1, 0.15) is 5.65 Å². The number of benzene rings is 4. The van der Waals surface area contributed by atoms with Crippen molar-refractivity contribution in [2.45, 2.75) is 0 Å². The summed E-state index contributed by atoms with van der Waals surface area (Å²) in [7, 11) is 0. The molecule has 0 aliphatic rings. The van der Waals surface area contributed by atoms with E-state index in [9.17, 15) is 0 Å². The van der Waals surface area contributed by atoms with E-state index in [1.807, 2.05) is 0 Å². The number of para-hydroxylation sites is 4. The lowest BCUT2D eigenvalue weighted by Crippen LogP contribution is -2.01. The summed E-state index contributed by atoms with van der Waals surface area (Å²) in [6.45, 7) is 0. The maximum absolute atomic E-state index is 5.03. The van der Waals surface area contributed by atoms with Crippen LogP contribution in [0.2, 0.25) is 0 Å². The second-order valence-electron chi connectivity index (χ2n) is 7.70. The third-order valence-corrected chi connectivity index (χ3v) is 6.99. The standard InChI is InChI=1S/C27H17N3S/c1-2-10-18(11-3-1)29-22-15-7-4-12-19(22)25-20-13-5-8-16-23(20)30(26(25)29)27-28-21-14-6-9-17-24(21)31-27/h1-17H. The molecule has 0 aliphatic carbocycles. The lowest BCUT2D eigenvalue weighted by Gasteiger charge is -2.10. The summed E-state index contributed by atoms with van der Waals surface area (Å²) in [6.07, 6.45) is 0. The van der Waals surface area contributed by atoms with E-state index in [4.69, 9.17) is 4.98 Å². The van der Waals surface area contributed by atoms with Gasteiger partial charge in [-0.25, -0.2) is 4.98 Å². The van der Waals surface area contributed by atoms with Crippen molar-refractivity contribution in [3.8, 4) is 10.8 Å². The van der Waals surface area contributed by atoms with Gasteiger partial charge in [-0.1, -0.05) is 78.1 Å². The fourth-order valence-corrected chi connectivity index (χ4v) is 5.67. The quantitative estimate of drug-likeness (QED) is 0.290. The second-order valence-corrected chi connectivity index (χ2v) is 8.71. The number of fused-ring (bicyclic) bond motifs is 6. The fraction of sp³-hybridized carbons (Fsp3) is 0. The second kappa shape index (κ2) is 6.30. The lowest BCUT2D eigenvalue weighted by molar-refractivity contribution is 1.06. The summed E-state index contributed by atoms with van der Waals surface area (Å²) in [5, 5.41) is 4.78. The molecule has 3 nitrogen and oxygen atoms in total. The van der Waals surface area contributed by atoms with Gasteiger partial charge in [0.2, 0.25) is 0 Å². The summed E-state index contributed by atoms with van der Waals surface area (Å²) in [5.41, 5.74) is 5.74. The third kappa shape index (κ3) is 2.31. The van der Waals surface area contributed by atoms with E-state index in [1.54, 1.807) is 11.3 Å². The summed E-state index contributed by atoms with van der Waals surface area (Å²) in [6, 6.07) is 36.3. The minimum absolute atomic E-state index is 0.993. The Hall–Kier alpha value is -3.89. The van der Waals surface area contributed by atoms with Gasteiger partial charge < -0.3 is 0 Å². The fourth-order valence-electron chi connectivity index (χ4n) is 4.69. The average molecular weight is 416 g/mol. The van der Waals surface area contributed by atoms with Gasteiger partial charge in [-0.15, -0.1) is 0 Å². The summed E-state index contributed by atoms with van der Waals surface area (Å²) in [4.78, 5) is 5.03. The van der Waals surface area contributed by atoms with Crippen LogP contribution in [0.1, 0.15) is 0 Å². The van der Waals surface area contributed by atoms with Crippen molar-refractivity contribution >= 4 is 54.4 Å². The molecule has 3 heterocycles.